The predicted molar refractivity (Wildman–Crippen MR) is 110 cm³/mol. The fraction of sp³-hybridized carbons (Fsp3) is 0.208. The van der Waals surface area contributed by atoms with Gasteiger partial charge in [-0.1, -0.05) is 24.3 Å². The Morgan fingerprint density at radius 1 is 1.10 bits per heavy atom. The Labute approximate surface area is 174 Å². The Morgan fingerprint density at radius 3 is 2.33 bits per heavy atom. The molecule has 0 fully saturated rings. The van der Waals surface area contributed by atoms with Gasteiger partial charge in [0.05, 0.1) is 5.92 Å². The van der Waals surface area contributed by atoms with Crippen molar-refractivity contribution >= 4 is 0 Å². The van der Waals surface area contributed by atoms with E-state index in [0.29, 0.717) is 24.3 Å². The molecule has 0 saturated carbocycles. The fourth-order valence-electron chi connectivity index (χ4n) is 3.95. The number of ether oxygens (including phenoxy) is 1. The Kier molecular flexibility index (Phi) is 5.28. The number of benzene rings is 2. The highest BCUT2D eigenvalue weighted by Crippen LogP contribution is 2.43. The first-order valence-electron chi connectivity index (χ1n) is 9.75. The predicted octanol–water partition coefficient (Wildman–Crippen LogP) is 4.49. The van der Waals surface area contributed by atoms with Crippen LogP contribution >= 0.6 is 0 Å². The molecule has 1 atom stereocenters. The maximum absolute atomic E-state index is 13.5. The average molecular weight is 405 g/mol. The minimum atomic E-state index is -0.412. The van der Waals surface area contributed by atoms with Crippen LogP contribution in [0.15, 0.2) is 83.1 Å². The molecule has 2 heterocycles. The molecule has 4 rings (SSSR count). The molecular weight excluding hydrogens is 384 g/mol. The number of nitriles is 1. The molecule has 30 heavy (non-hydrogen) atoms. The van der Waals surface area contributed by atoms with Crippen molar-refractivity contribution in [2.24, 2.45) is 5.73 Å². The van der Waals surface area contributed by atoms with Crippen LogP contribution < -0.4 is 5.73 Å². The quantitative estimate of drug-likeness (QED) is 0.814. The van der Waals surface area contributed by atoms with E-state index in [2.05, 4.69) is 11.0 Å². The fourth-order valence-corrected chi connectivity index (χ4v) is 3.95. The summed E-state index contributed by atoms with van der Waals surface area (Å²) in [5.74, 6) is -0.352. The minimum Gasteiger partial charge on any atom is -0.440 e. The summed E-state index contributed by atoms with van der Waals surface area (Å²) in [4.78, 5) is 2.13. The van der Waals surface area contributed by atoms with Crippen LogP contribution in [0, 0.1) is 23.0 Å². The van der Waals surface area contributed by atoms with Gasteiger partial charge in [-0.25, -0.2) is 8.78 Å². The smallest absolute Gasteiger partial charge is 0.205 e. The second kappa shape index (κ2) is 8.03. The average Bonchev–Trinajstić information content (AvgIpc) is 2.75. The summed E-state index contributed by atoms with van der Waals surface area (Å²) in [6.07, 6.45) is 2.55. The molecule has 2 aliphatic heterocycles. The Bertz CT molecular complexity index is 1090. The highest BCUT2D eigenvalue weighted by molar-refractivity contribution is 5.54. The normalized spacial score (nSPS) is 18.5. The second-order valence-corrected chi connectivity index (χ2v) is 7.35. The molecule has 0 saturated heterocycles. The number of hydrogen-bond donors (Lipinski definition) is 1. The molecule has 4 nitrogen and oxygen atoms in total. The van der Waals surface area contributed by atoms with Crippen molar-refractivity contribution in [2.75, 3.05) is 13.1 Å². The van der Waals surface area contributed by atoms with Crippen molar-refractivity contribution < 1.29 is 13.5 Å². The third-order valence-corrected chi connectivity index (χ3v) is 5.45. The zero-order valence-electron chi connectivity index (χ0n) is 16.5. The summed E-state index contributed by atoms with van der Waals surface area (Å²) in [6.45, 7) is 3.38. The van der Waals surface area contributed by atoms with Gasteiger partial charge in [0.25, 0.3) is 0 Å². The summed E-state index contributed by atoms with van der Waals surface area (Å²) in [7, 11) is 0. The van der Waals surface area contributed by atoms with Crippen LogP contribution in [0.3, 0.4) is 0 Å². The number of hydrogen-bond acceptors (Lipinski definition) is 4. The molecule has 2 aromatic carbocycles. The largest absolute Gasteiger partial charge is 0.440 e. The van der Waals surface area contributed by atoms with Gasteiger partial charge in [-0.05, 0) is 42.3 Å². The summed E-state index contributed by atoms with van der Waals surface area (Å²) in [5.41, 5.74) is 9.98. The van der Waals surface area contributed by atoms with Gasteiger partial charge in [0.1, 0.15) is 29.0 Å². The molecule has 0 aliphatic carbocycles. The van der Waals surface area contributed by atoms with E-state index < -0.39 is 5.92 Å². The van der Waals surface area contributed by atoms with Crippen LogP contribution in [0.4, 0.5) is 8.78 Å². The number of nitrogens with two attached hydrogens (primary N) is 1. The van der Waals surface area contributed by atoms with Crippen molar-refractivity contribution in [3.63, 3.8) is 0 Å². The van der Waals surface area contributed by atoms with E-state index in [1.807, 2.05) is 13.1 Å². The molecule has 2 aliphatic rings. The van der Waals surface area contributed by atoms with Crippen LogP contribution in [-0.4, -0.2) is 18.0 Å². The first kappa shape index (κ1) is 19.7. The van der Waals surface area contributed by atoms with Gasteiger partial charge in [-0.3, -0.25) is 0 Å². The van der Waals surface area contributed by atoms with Crippen molar-refractivity contribution in [1.82, 2.24) is 4.90 Å². The van der Waals surface area contributed by atoms with Gasteiger partial charge in [-0.2, -0.15) is 5.26 Å². The number of allylic oxidation sites excluding steroid dienone is 2. The zero-order chi connectivity index (χ0) is 21.3. The topological polar surface area (TPSA) is 62.3 Å². The van der Waals surface area contributed by atoms with Gasteiger partial charge < -0.3 is 15.4 Å². The van der Waals surface area contributed by atoms with Gasteiger partial charge in [0, 0.05) is 36.9 Å². The lowest BCUT2D eigenvalue weighted by Gasteiger charge is -2.36. The number of nitrogens with zero attached hydrogens (tertiary/aromatic N) is 2. The molecule has 0 radical (unpaired) electrons. The third kappa shape index (κ3) is 3.67. The van der Waals surface area contributed by atoms with E-state index in [0.717, 1.165) is 28.8 Å². The highest BCUT2D eigenvalue weighted by Gasteiger charge is 2.36. The first-order valence-corrected chi connectivity index (χ1v) is 9.75. The Hall–Kier alpha value is -3.59. The second-order valence-electron chi connectivity index (χ2n) is 7.35. The lowest BCUT2D eigenvalue weighted by Crippen LogP contribution is -2.33. The van der Waals surface area contributed by atoms with Crippen LogP contribution in [0.5, 0.6) is 0 Å². The van der Waals surface area contributed by atoms with E-state index in [-0.39, 0.29) is 17.5 Å². The summed E-state index contributed by atoms with van der Waals surface area (Å²) in [5, 5.41) is 9.76. The lowest BCUT2D eigenvalue weighted by molar-refractivity contribution is 0.265. The van der Waals surface area contributed by atoms with Crippen molar-refractivity contribution in [3.8, 4) is 6.07 Å². The van der Waals surface area contributed by atoms with Crippen LogP contribution in [-0.2, 0) is 11.2 Å². The molecule has 0 amide bonds. The van der Waals surface area contributed by atoms with E-state index in [4.69, 9.17) is 10.5 Å². The molecular formula is C24H21F2N3O. The van der Waals surface area contributed by atoms with Gasteiger partial charge in [-0.15, -0.1) is 0 Å². The standard InChI is InChI=1S/C24H21F2N3O/c1-2-29-13-17(11-15-3-7-18(25)8-4-15)23-21(14-29)22(20(12-27)24(28)30-23)16-5-9-19(26)10-6-16/h3-10,13,22H,2,11,14,28H2,1H3/t22-/m0/s1. The summed E-state index contributed by atoms with van der Waals surface area (Å²) >= 11 is 0. The zero-order valence-corrected chi connectivity index (χ0v) is 16.5. The maximum atomic E-state index is 13.5. The first-order chi connectivity index (χ1) is 14.5. The van der Waals surface area contributed by atoms with E-state index in [1.54, 1.807) is 24.3 Å². The summed E-state index contributed by atoms with van der Waals surface area (Å²) < 4.78 is 32.8. The van der Waals surface area contributed by atoms with Crippen molar-refractivity contribution in [1.29, 1.82) is 5.26 Å². The molecule has 152 valence electrons. The van der Waals surface area contributed by atoms with Gasteiger partial charge in [0.15, 0.2) is 0 Å². The lowest BCUT2D eigenvalue weighted by atomic mass is 9.80. The maximum Gasteiger partial charge on any atom is 0.205 e. The molecule has 0 spiro atoms. The van der Waals surface area contributed by atoms with Crippen molar-refractivity contribution in [2.45, 2.75) is 19.3 Å². The van der Waals surface area contributed by atoms with Gasteiger partial charge in [0.2, 0.25) is 5.88 Å². The monoisotopic (exact) mass is 405 g/mol. The molecule has 0 aromatic heterocycles. The SMILES string of the molecule is CCN1C=C(Cc2ccc(F)cc2)C2=C(C1)[C@@H](c1ccc(F)cc1)C(C#N)=C(N)O2. The molecule has 6 heteroatoms. The highest BCUT2D eigenvalue weighted by atomic mass is 19.1. The number of halogens is 2. The minimum absolute atomic E-state index is 0.0560. The Balaban J connectivity index is 1.80. The molecule has 2 N–H and O–H groups in total. The summed E-state index contributed by atoms with van der Waals surface area (Å²) in [6, 6.07) is 14.6. The number of likely N-dealkylation sites (N-methyl/N-ethyl adjacent to an activating group) is 1. The van der Waals surface area contributed by atoms with Crippen molar-refractivity contribution in [3.05, 3.63) is 106 Å². The van der Waals surface area contributed by atoms with Crippen LogP contribution in [0.25, 0.3) is 0 Å². The van der Waals surface area contributed by atoms with E-state index >= 15 is 0 Å². The molecule has 0 unspecified atom stereocenters. The number of rotatable bonds is 4. The third-order valence-electron chi connectivity index (χ3n) is 5.45. The van der Waals surface area contributed by atoms with E-state index in [1.165, 1.54) is 24.3 Å². The van der Waals surface area contributed by atoms with Crippen LogP contribution in [0.2, 0.25) is 0 Å². The Morgan fingerprint density at radius 2 is 1.73 bits per heavy atom. The van der Waals surface area contributed by atoms with Crippen LogP contribution in [0.1, 0.15) is 24.0 Å². The molecule has 2 aromatic rings. The van der Waals surface area contributed by atoms with E-state index in [9.17, 15) is 14.0 Å². The van der Waals surface area contributed by atoms with Gasteiger partial charge >= 0.3 is 0 Å². The molecule has 0 bridgehead atoms.